The van der Waals surface area contributed by atoms with E-state index in [9.17, 15) is 9.59 Å². The van der Waals surface area contributed by atoms with Crippen LogP contribution < -0.4 is 5.73 Å². The summed E-state index contributed by atoms with van der Waals surface area (Å²) in [7, 11) is 0. The third-order valence-corrected chi connectivity index (χ3v) is 3.49. The average molecular weight is 271 g/mol. The zero-order valence-electron chi connectivity index (χ0n) is 11.9. The Labute approximate surface area is 114 Å². The van der Waals surface area contributed by atoms with Crippen LogP contribution in [0.1, 0.15) is 33.1 Å². The van der Waals surface area contributed by atoms with Gasteiger partial charge in [-0.25, -0.2) is 0 Å². The minimum atomic E-state index is -0.825. The van der Waals surface area contributed by atoms with Crippen LogP contribution in [0, 0.1) is 0 Å². The van der Waals surface area contributed by atoms with Gasteiger partial charge in [-0.3, -0.25) is 14.5 Å². The first-order valence-electron chi connectivity index (χ1n) is 6.89. The minimum Gasteiger partial charge on any atom is -0.480 e. The maximum absolute atomic E-state index is 12.4. The molecular formula is C13H25N3O3. The minimum absolute atomic E-state index is 0.0217. The van der Waals surface area contributed by atoms with Gasteiger partial charge in [0, 0.05) is 26.2 Å². The van der Waals surface area contributed by atoms with Crippen LogP contribution in [0.2, 0.25) is 0 Å². The van der Waals surface area contributed by atoms with Crippen LogP contribution in [-0.4, -0.2) is 65.0 Å². The Morgan fingerprint density at radius 3 is 2.53 bits per heavy atom. The molecule has 110 valence electrons. The van der Waals surface area contributed by atoms with E-state index in [2.05, 4.69) is 0 Å². The van der Waals surface area contributed by atoms with Crippen LogP contribution in [0.3, 0.4) is 0 Å². The van der Waals surface area contributed by atoms with Gasteiger partial charge in [0.2, 0.25) is 5.91 Å². The number of rotatable bonds is 5. The van der Waals surface area contributed by atoms with E-state index >= 15 is 0 Å². The normalized spacial score (nSPS) is 20.7. The monoisotopic (exact) mass is 271 g/mol. The molecule has 1 rings (SSSR count). The van der Waals surface area contributed by atoms with E-state index in [-0.39, 0.29) is 12.5 Å². The van der Waals surface area contributed by atoms with E-state index in [4.69, 9.17) is 10.8 Å². The third kappa shape index (κ3) is 4.80. The van der Waals surface area contributed by atoms with Gasteiger partial charge < -0.3 is 15.7 Å². The number of carboxylic acid groups (broad SMARTS) is 1. The number of nitrogens with zero attached hydrogens (tertiary/aromatic N) is 2. The van der Waals surface area contributed by atoms with Crippen molar-refractivity contribution in [1.82, 2.24) is 9.80 Å². The van der Waals surface area contributed by atoms with Gasteiger partial charge in [-0.05, 0) is 19.8 Å². The number of carbonyl (C=O) groups is 2. The number of amides is 1. The van der Waals surface area contributed by atoms with Crippen LogP contribution >= 0.6 is 0 Å². The van der Waals surface area contributed by atoms with Crippen molar-refractivity contribution in [2.75, 3.05) is 32.7 Å². The van der Waals surface area contributed by atoms with Crippen molar-refractivity contribution in [3.63, 3.8) is 0 Å². The number of carbonyl (C=O) groups excluding carboxylic acids is 1. The lowest BCUT2D eigenvalue weighted by atomic mass is 9.95. The second-order valence-electron chi connectivity index (χ2n) is 5.48. The molecule has 6 nitrogen and oxygen atoms in total. The molecule has 3 N–H and O–H groups in total. The fourth-order valence-electron chi connectivity index (χ4n) is 2.51. The van der Waals surface area contributed by atoms with Crippen LogP contribution in [0.4, 0.5) is 0 Å². The van der Waals surface area contributed by atoms with E-state index in [1.807, 2.05) is 11.8 Å². The molecule has 0 aromatic heterocycles. The molecule has 1 atom stereocenters. The summed E-state index contributed by atoms with van der Waals surface area (Å²) in [5.74, 6) is -0.846. The summed E-state index contributed by atoms with van der Waals surface area (Å²) in [5, 5.41) is 8.79. The second kappa shape index (κ2) is 6.86. The van der Waals surface area contributed by atoms with Crippen molar-refractivity contribution in [3.05, 3.63) is 0 Å². The summed E-state index contributed by atoms with van der Waals surface area (Å²) in [5.41, 5.74) is 5.26. The van der Waals surface area contributed by atoms with Gasteiger partial charge in [0.25, 0.3) is 0 Å². The first-order valence-corrected chi connectivity index (χ1v) is 6.89. The molecule has 1 amide bonds. The Balaban J connectivity index is 2.57. The molecule has 1 fully saturated rings. The highest BCUT2D eigenvalue weighted by Crippen LogP contribution is 2.14. The van der Waals surface area contributed by atoms with E-state index in [1.165, 1.54) is 0 Å². The predicted molar refractivity (Wildman–Crippen MR) is 72.8 cm³/mol. The molecule has 1 aliphatic rings. The molecule has 0 saturated carbocycles. The molecule has 19 heavy (non-hydrogen) atoms. The molecule has 0 bridgehead atoms. The van der Waals surface area contributed by atoms with Crippen molar-refractivity contribution in [2.24, 2.45) is 5.73 Å². The zero-order valence-corrected chi connectivity index (χ0v) is 11.9. The Hall–Kier alpha value is -1.14. The number of nitrogens with two attached hydrogens (primary N) is 1. The van der Waals surface area contributed by atoms with Crippen molar-refractivity contribution >= 4 is 11.9 Å². The van der Waals surface area contributed by atoms with Crippen LogP contribution in [0.25, 0.3) is 0 Å². The summed E-state index contributed by atoms with van der Waals surface area (Å²) >= 11 is 0. The van der Waals surface area contributed by atoms with E-state index in [0.29, 0.717) is 32.6 Å². The van der Waals surface area contributed by atoms with Crippen molar-refractivity contribution in [1.29, 1.82) is 0 Å². The molecular weight excluding hydrogens is 246 g/mol. The van der Waals surface area contributed by atoms with Gasteiger partial charge in [0.15, 0.2) is 0 Å². The molecule has 1 saturated heterocycles. The summed E-state index contributed by atoms with van der Waals surface area (Å²) < 4.78 is 0. The van der Waals surface area contributed by atoms with Gasteiger partial charge in [-0.1, -0.05) is 13.3 Å². The van der Waals surface area contributed by atoms with Crippen LogP contribution in [0.15, 0.2) is 0 Å². The molecule has 1 unspecified atom stereocenters. The standard InChI is InChI=1S/C13H25N3O3/c1-3-5-13(2,14)12(19)16-7-4-6-15(8-9-16)10-11(17)18/h3-10,14H2,1-2H3,(H,17,18). The average Bonchev–Trinajstić information content (AvgIpc) is 2.53. The topological polar surface area (TPSA) is 86.9 Å². The fourth-order valence-corrected chi connectivity index (χ4v) is 2.51. The van der Waals surface area contributed by atoms with Crippen molar-refractivity contribution in [3.8, 4) is 0 Å². The highest BCUT2D eigenvalue weighted by atomic mass is 16.4. The molecule has 0 aromatic rings. The first kappa shape index (κ1) is 15.9. The van der Waals surface area contributed by atoms with E-state index < -0.39 is 11.5 Å². The molecule has 6 heteroatoms. The van der Waals surface area contributed by atoms with Gasteiger partial charge in [-0.15, -0.1) is 0 Å². The quantitative estimate of drug-likeness (QED) is 0.742. The lowest BCUT2D eigenvalue weighted by Gasteiger charge is -2.31. The molecule has 0 radical (unpaired) electrons. The predicted octanol–water partition coefficient (Wildman–Crippen LogP) is 0.123. The maximum atomic E-state index is 12.4. The first-order chi connectivity index (χ1) is 8.86. The smallest absolute Gasteiger partial charge is 0.317 e. The Kier molecular flexibility index (Phi) is 5.75. The molecule has 1 heterocycles. The molecule has 0 spiro atoms. The van der Waals surface area contributed by atoms with E-state index in [0.717, 1.165) is 12.8 Å². The summed E-state index contributed by atoms with van der Waals surface area (Å²) in [6.45, 7) is 6.35. The Morgan fingerprint density at radius 1 is 1.26 bits per heavy atom. The molecule has 1 aliphatic heterocycles. The van der Waals surface area contributed by atoms with Crippen molar-refractivity contribution < 1.29 is 14.7 Å². The van der Waals surface area contributed by atoms with E-state index in [1.54, 1.807) is 11.8 Å². The highest BCUT2D eigenvalue weighted by molar-refractivity contribution is 5.85. The summed E-state index contributed by atoms with van der Waals surface area (Å²) in [6.07, 6.45) is 2.33. The zero-order chi connectivity index (χ0) is 14.5. The Bertz CT molecular complexity index is 331. The number of aliphatic carboxylic acids is 1. The number of hydrogen-bond donors (Lipinski definition) is 2. The van der Waals surface area contributed by atoms with Crippen LogP contribution in [0.5, 0.6) is 0 Å². The summed E-state index contributed by atoms with van der Waals surface area (Å²) in [4.78, 5) is 26.7. The van der Waals surface area contributed by atoms with Crippen molar-refractivity contribution in [2.45, 2.75) is 38.6 Å². The molecule has 0 aliphatic carbocycles. The third-order valence-electron chi connectivity index (χ3n) is 3.49. The second-order valence-corrected chi connectivity index (χ2v) is 5.48. The number of hydrogen-bond acceptors (Lipinski definition) is 4. The Morgan fingerprint density at radius 2 is 1.95 bits per heavy atom. The molecule has 0 aromatic carbocycles. The number of carboxylic acids is 1. The largest absolute Gasteiger partial charge is 0.480 e. The highest BCUT2D eigenvalue weighted by Gasteiger charge is 2.32. The van der Waals surface area contributed by atoms with Gasteiger partial charge in [0.1, 0.15) is 0 Å². The lowest BCUT2D eigenvalue weighted by Crippen LogP contribution is -2.54. The maximum Gasteiger partial charge on any atom is 0.317 e. The SMILES string of the molecule is CCCC(C)(N)C(=O)N1CCCN(CC(=O)O)CC1. The van der Waals surface area contributed by atoms with Gasteiger partial charge >= 0.3 is 5.97 Å². The van der Waals surface area contributed by atoms with Gasteiger partial charge in [0.05, 0.1) is 12.1 Å². The lowest BCUT2D eigenvalue weighted by molar-refractivity contribution is -0.138. The van der Waals surface area contributed by atoms with Crippen LogP contribution in [-0.2, 0) is 9.59 Å². The summed E-state index contributed by atoms with van der Waals surface area (Å²) in [6, 6.07) is 0. The fraction of sp³-hybridized carbons (Fsp3) is 0.846. The van der Waals surface area contributed by atoms with Gasteiger partial charge in [-0.2, -0.15) is 0 Å².